The molecule has 94 valence electrons. The zero-order chi connectivity index (χ0) is 13.1. The zero-order valence-corrected chi connectivity index (χ0v) is 10.9. The lowest BCUT2D eigenvalue weighted by molar-refractivity contribution is 0.0939. The van der Waals surface area contributed by atoms with Crippen LogP contribution < -0.4 is 16.6 Å². The van der Waals surface area contributed by atoms with Crippen molar-refractivity contribution in [3.05, 3.63) is 29.3 Å². The van der Waals surface area contributed by atoms with Gasteiger partial charge in [0.05, 0.1) is 5.69 Å². The Bertz CT molecular complexity index is 408. The third-order valence-electron chi connectivity index (χ3n) is 2.42. The Kier molecular flexibility index (Phi) is 4.12. The van der Waals surface area contributed by atoms with Crippen LogP contribution in [0, 0.1) is 12.3 Å². The minimum Gasteiger partial charge on any atom is -0.352 e. The molecule has 0 unspecified atom stereocenters. The second-order valence-electron chi connectivity index (χ2n) is 5.42. The quantitative estimate of drug-likeness (QED) is 0.555. The molecular weight excluding hydrogens is 214 g/mol. The number of hydrazine groups is 1. The molecule has 1 aromatic rings. The van der Waals surface area contributed by atoms with Crippen LogP contribution in [0.15, 0.2) is 18.2 Å². The van der Waals surface area contributed by atoms with E-state index >= 15 is 0 Å². The minimum absolute atomic E-state index is 0.0494. The van der Waals surface area contributed by atoms with E-state index in [1.165, 1.54) is 0 Å². The Hall–Kier alpha value is -1.55. The first-order valence-corrected chi connectivity index (χ1v) is 5.69. The molecular formula is C13H21N3O. The van der Waals surface area contributed by atoms with Gasteiger partial charge in [-0.05, 0) is 36.1 Å². The number of benzene rings is 1. The number of rotatable bonds is 3. The maximum atomic E-state index is 11.9. The Morgan fingerprint density at radius 2 is 2.00 bits per heavy atom. The number of nitrogen functional groups attached to an aromatic ring is 1. The van der Waals surface area contributed by atoms with Crippen LogP contribution in [-0.4, -0.2) is 12.5 Å². The molecule has 1 amide bonds. The maximum absolute atomic E-state index is 11.9. The van der Waals surface area contributed by atoms with Crippen LogP contribution in [0.2, 0.25) is 0 Å². The van der Waals surface area contributed by atoms with Crippen molar-refractivity contribution in [1.29, 1.82) is 0 Å². The molecule has 0 heterocycles. The number of nitrogens with two attached hydrogens (primary N) is 1. The van der Waals surface area contributed by atoms with Gasteiger partial charge >= 0.3 is 0 Å². The molecule has 0 fully saturated rings. The molecule has 0 atom stereocenters. The van der Waals surface area contributed by atoms with Gasteiger partial charge in [-0.3, -0.25) is 10.6 Å². The molecule has 0 saturated carbocycles. The van der Waals surface area contributed by atoms with Gasteiger partial charge in [0.2, 0.25) is 0 Å². The number of amides is 1. The summed E-state index contributed by atoms with van der Waals surface area (Å²) >= 11 is 0. The van der Waals surface area contributed by atoms with E-state index in [2.05, 4.69) is 31.5 Å². The van der Waals surface area contributed by atoms with Crippen LogP contribution in [0.5, 0.6) is 0 Å². The molecule has 0 aromatic heterocycles. The highest BCUT2D eigenvalue weighted by molar-refractivity contribution is 5.94. The molecule has 17 heavy (non-hydrogen) atoms. The topological polar surface area (TPSA) is 67.2 Å². The summed E-state index contributed by atoms with van der Waals surface area (Å²) < 4.78 is 0. The Morgan fingerprint density at radius 1 is 1.35 bits per heavy atom. The molecule has 0 spiro atoms. The molecule has 0 saturated heterocycles. The molecule has 4 nitrogen and oxygen atoms in total. The Labute approximate surface area is 103 Å². The maximum Gasteiger partial charge on any atom is 0.251 e. The minimum atomic E-state index is -0.0494. The van der Waals surface area contributed by atoms with Crippen LogP contribution in [0.1, 0.15) is 36.7 Å². The summed E-state index contributed by atoms with van der Waals surface area (Å²) in [5.41, 5.74) is 5.12. The number of carbonyl (C=O) groups is 1. The number of hydrogen-bond acceptors (Lipinski definition) is 3. The predicted molar refractivity (Wildman–Crippen MR) is 70.8 cm³/mol. The monoisotopic (exact) mass is 235 g/mol. The lowest BCUT2D eigenvalue weighted by Crippen LogP contribution is -2.32. The van der Waals surface area contributed by atoms with Crippen molar-refractivity contribution in [3.8, 4) is 0 Å². The molecule has 4 heteroatoms. The third kappa shape index (κ3) is 4.07. The summed E-state index contributed by atoms with van der Waals surface area (Å²) in [4.78, 5) is 11.9. The van der Waals surface area contributed by atoms with Crippen LogP contribution in [-0.2, 0) is 0 Å². The summed E-state index contributed by atoms with van der Waals surface area (Å²) in [7, 11) is 0. The summed E-state index contributed by atoms with van der Waals surface area (Å²) in [6.45, 7) is 8.82. The lowest BCUT2D eigenvalue weighted by Gasteiger charge is -2.18. The van der Waals surface area contributed by atoms with Gasteiger partial charge in [0, 0.05) is 12.1 Å². The fraction of sp³-hybridized carbons (Fsp3) is 0.462. The smallest absolute Gasteiger partial charge is 0.251 e. The summed E-state index contributed by atoms with van der Waals surface area (Å²) in [6.07, 6.45) is 0. The van der Waals surface area contributed by atoms with Crippen molar-refractivity contribution in [3.63, 3.8) is 0 Å². The van der Waals surface area contributed by atoms with E-state index in [1.54, 1.807) is 12.1 Å². The molecule has 0 bridgehead atoms. The van der Waals surface area contributed by atoms with Crippen LogP contribution in [0.3, 0.4) is 0 Å². The predicted octanol–water partition coefficient (Wildman–Crippen LogP) is 2.06. The highest BCUT2D eigenvalue weighted by Crippen LogP contribution is 2.16. The van der Waals surface area contributed by atoms with Gasteiger partial charge in [-0.1, -0.05) is 20.8 Å². The standard InChI is InChI=1S/C13H21N3O/c1-9-7-10(5-6-11(9)16-14)12(17)15-8-13(2,3)4/h5-7,16H,8,14H2,1-4H3,(H,15,17). The first-order chi connectivity index (χ1) is 7.83. The SMILES string of the molecule is Cc1cc(C(=O)NCC(C)(C)C)ccc1NN. The zero-order valence-electron chi connectivity index (χ0n) is 10.9. The van der Waals surface area contributed by atoms with Gasteiger partial charge in [0.1, 0.15) is 0 Å². The average molecular weight is 235 g/mol. The summed E-state index contributed by atoms with van der Waals surface area (Å²) in [5.74, 6) is 5.29. The van der Waals surface area contributed by atoms with Crippen LogP contribution in [0.25, 0.3) is 0 Å². The van der Waals surface area contributed by atoms with Gasteiger partial charge in [-0.15, -0.1) is 0 Å². The van der Waals surface area contributed by atoms with Gasteiger partial charge in [-0.25, -0.2) is 0 Å². The average Bonchev–Trinajstić information content (AvgIpc) is 2.24. The number of anilines is 1. The normalized spacial score (nSPS) is 11.1. The van der Waals surface area contributed by atoms with Crippen molar-refractivity contribution >= 4 is 11.6 Å². The van der Waals surface area contributed by atoms with E-state index in [0.29, 0.717) is 12.1 Å². The molecule has 0 aliphatic heterocycles. The van der Waals surface area contributed by atoms with Gasteiger partial charge in [0.25, 0.3) is 5.91 Å². The number of hydrogen-bond donors (Lipinski definition) is 3. The van der Waals surface area contributed by atoms with E-state index in [1.807, 2.05) is 13.0 Å². The second kappa shape index (κ2) is 5.19. The fourth-order valence-corrected chi connectivity index (χ4v) is 1.41. The van der Waals surface area contributed by atoms with Crippen molar-refractivity contribution in [2.75, 3.05) is 12.0 Å². The highest BCUT2D eigenvalue weighted by Gasteiger charge is 2.13. The van der Waals surface area contributed by atoms with Crippen molar-refractivity contribution < 1.29 is 4.79 Å². The van der Waals surface area contributed by atoms with E-state index in [0.717, 1.165) is 11.3 Å². The number of aryl methyl sites for hydroxylation is 1. The van der Waals surface area contributed by atoms with E-state index in [-0.39, 0.29) is 11.3 Å². The van der Waals surface area contributed by atoms with Crippen molar-refractivity contribution in [2.45, 2.75) is 27.7 Å². The van der Waals surface area contributed by atoms with Crippen LogP contribution >= 0.6 is 0 Å². The van der Waals surface area contributed by atoms with Crippen LogP contribution in [0.4, 0.5) is 5.69 Å². The Morgan fingerprint density at radius 3 is 2.47 bits per heavy atom. The first-order valence-electron chi connectivity index (χ1n) is 5.69. The van der Waals surface area contributed by atoms with Crippen molar-refractivity contribution in [1.82, 2.24) is 5.32 Å². The largest absolute Gasteiger partial charge is 0.352 e. The molecule has 0 aliphatic carbocycles. The molecule has 1 aromatic carbocycles. The van der Waals surface area contributed by atoms with Crippen molar-refractivity contribution in [2.24, 2.45) is 11.3 Å². The molecule has 4 N–H and O–H groups in total. The molecule has 0 radical (unpaired) electrons. The lowest BCUT2D eigenvalue weighted by atomic mass is 9.97. The second-order valence-corrected chi connectivity index (χ2v) is 5.42. The highest BCUT2D eigenvalue weighted by atomic mass is 16.1. The molecule has 1 rings (SSSR count). The fourth-order valence-electron chi connectivity index (χ4n) is 1.41. The van der Waals surface area contributed by atoms with E-state index in [4.69, 9.17) is 5.84 Å². The van der Waals surface area contributed by atoms with E-state index in [9.17, 15) is 4.79 Å². The summed E-state index contributed by atoms with van der Waals surface area (Å²) in [6, 6.07) is 5.40. The van der Waals surface area contributed by atoms with Gasteiger partial charge in [0.15, 0.2) is 0 Å². The van der Waals surface area contributed by atoms with E-state index < -0.39 is 0 Å². The summed E-state index contributed by atoms with van der Waals surface area (Å²) in [5, 5.41) is 2.91. The Balaban J connectivity index is 2.73. The number of nitrogens with one attached hydrogen (secondary N) is 2. The number of carbonyl (C=O) groups excluding carboxylic acids is 1. The van der Waals surface area contributed by atoms with Gasteiger partial charge < -0.3 is 10.7 Å². The molecule has 0 aliphatic rings. The van der Waals surface area contributed by atoms with Gasteiger partial charge in [-0.2, -0.15) is 0 Å². The first kappa shape index (κ1) is 13.5. The third-order valence-corrected chi connectivity index (χ3v) is 2.42.